The minimum absolute atomic E-state index is 0.0161. The summed E-state index contributed by atoms with van der Waals surface area (Å²) < 4.78 is 5.38. The molecule has 1 saturated heterocycles. The number of furan rings is 1. The minimum atomic E-state index is -1.04. The Labute approximate surface area is 112 Å². The van der Waals surface area contributed by atoms with E-state index in [-0.39, 0.29) is 18.4 Å². The predicted molar refractivity (Wildman–Crippen MR) is 70.1 cm³/mol. The maximum absolute atomic E-state index is 10.8. The van der Waals surface area contributed by atoms with Crippen LogP contribution in [0.5, 0.6) is 0 Å². The smallest absolute Gasteiger partial charge is 0.371 e. The maximum atomic E-state index is 10.8. The van der Waals surface area contributed by atoms with E-state index in [1.54, 1.807) is 6.07 Å². The molecule has 1 aliphatic heterocycles. The first-order valence-electron chi connectivity index (χ1n) is 6.83. The number of likely N-dealkylation sites (tertiary alicyclic amines) is 1. The van der Waals surface area contributed by atoms with Crippen molar-refractivity contribution < 1.29 is 19.4 Å². The van der Waals surface area contributed by atoms with Crippen LogP contribution in [0.4, 0.5) is 0 Å². The van der Waals surface area contributed by atoms with Crippen LogP contribution in [0.2, 0.25) is 0 Å². The molecule has 0 amide bonds. The molecule has 2 unspecified atom stereocenters. The van der Waals surface area contributed by atoms with Gasteiger partial charge < -0.3 is 14.6 Å². The standard InChI is InChI=1S/C14H21NO4/c1-10(12-5-6-13(19-12)14(17)18)15-8-3-2-4-11(15)7-9-16/h5-6,10-11,16H,2-4,7-9H2,1H3,(H,17,18). The Kier molecular flexibility index (Phi) is 4.61. The van der Waals surface area contributed by atoms with Gasteiger partial charge in [0.05, 0.1) is 6.04 Å². The normalized spacial score (nSPS) is 22.3. The van der Waals surface area contributed by atoms with Crippen molar-refractivity contribution in [2.24, 2.45) is 0 Å². The van der Waals surface area contributed by atoms with Crippen LogP contribution in [0.25, 0.3) is 0 Å². The van der Waals surface area contributed by atoms with Crippen molar-refractivity contribution in [2.75, 3.05) is 13.2 Å². The number of carboxylic acid groups (broad SMARTS) is 1. The van der Waals surface area contributed by atoms with E-state index in [2.05, 4.69) is 4.90 Å². The summed E-state index contributed by atoms with van der Waals surface area (Å²) in [7, 11) is 0. The average Bonchev–Trinajstić information content (AvgIpc) is 2.89. The summed E-state index contributed by atoms with van der Waals surface area (Å²) in [5.41, 5.74) is 0. The molecule has 0 aromatic carbocycles. The zero-order valence-corrected chi connectivity index (χ0v) is 11.2. The number of aliphatic hydroxyl groups excluding tert-OH is 1. The Morgan fingerprint density at radius 2 is 2.32 bits per heavy atom. The molecule has 0 spiro atoms. The van der Waals surface area contributed by atoms with Crippen LogP contribution in [0.3, 0.4) is 0 Å². The number of aromatic carboxylic acids is 1. The molecule has 5 heteroatoms. The molecule has 1 fully saturated rings. The van der Waals surface area contributed by atoms with Gasteiger partial charge in [0, 0.05) is 12.6 Å². The molecule has 19 heavy (non-hydrogen) atoms. The SMILES string of the molecule is CC(c1ccc(C(=O)O)o1)N1CCCCC1CCO. The number of nitrogens with zero attached hydrogens (tertiary/aromatic N) is 1. The number of hydrogen-bond donors (Lipinski definition) is 2. The van der Waals surface area contributed by atoms with Crippen LogP contribution in [0.1, 0.15) is 55.0 Å². The van der Waals surface area contributed by atoms with E-state index in [4.69, 9.17) is 14.6 Å². The van der Waals surface area contributed by atoms with Crippen molar-refractivity contribution in [1.29, 1.82) is 0 Å². The molecule has 106 valence electrons. The third-order valence-corrected chi connectivity index (χ3v) is 3.88. The molecule has 0 bridgehead atoms. The maximum Gasteiger partial charge on any atom is 0.371 e. The first-order chi connectivity index (χ1) is 9.13. The quantitative estimate of drug-likeness (QED) is 0.856. The lowest BCUT2D eigenvalue weighted by Gasteiger charge is -2.39. The summed E-state index contributed by atoms with van der Waals surface area (Å²) in [5, 5.41) is 18.0. The van der Waals surface area contributed by atoms with Crippen molar-refractivity contribution in [1.82, 2.24) is 4.90 Å². The molecular formula is C14H21NO4. The molecule has 1 aliphatic rings. The van der Waals surface area contributed by atoms with Gasteiger partial charge >= 0.3 is 5.97 Å². The minimum Gasteiger partial charge on any atom is -0.475 e. The van der Waals surface area contributed by atoms with Gasteiger partial charge in [-0.25, -0.2) is 4.79 Å². The van der Waals surface area contributed by atoms with Crippen molar-refractivity contribution in [3.8, 4) is 0 Å². The summed E-state index contributed by atoms with van der Waals surface area (Å²) in [5.74, 6) is -0.371. The first-order valence-corrected chi connectivity index (χ1v) is 6.83. The average molecular weight is 267 g/mol. The lowest BCUT2D eigenvalue weighted by Crippen LogP contribution is -2.41. The van der Waals surface area contributed by atoms with Gasteiger partial charge in [0.1, 0.15) is 5.76 Å². The topological polar surface area (TPSA) is 73.9 Å². The number of hydrogen-bond acceptors (Lipinski definition) is 4. The van der Waals surface area contributed by atoms with E-state index in [1.165, 1.54) is 12.5 Å². The van der Waals surface area contributed by atoms with Crippen molar-refractivity contribution in [3.63, 3.8) is 0 Å². The highest BCUT2D eigenvalue weighted by molar-refractivity contribution is 5.84. The summed E-state index contributed by atoms with van der Waals surface area (Å²) in [6.07, 6.45) is 4.17. The van der Waals surface area contributed by atoms with Gasteiger partial charge in [-0.05, 0) is 44.9 Å². The lowest BCUT2D eigenvalue weighted by atomic mass is 9.97. The second kappa shape index (κ2) is 6.21. The molecule has 0 saturated carbocycles. The van der Waals surface area contributed by atoms with E-state index in [0.29, 0.717) is 11.8 Å². The van der Waals surface area contributed by atoms with E-state index in [9.17, 15) is 4.79 Å². The fraction of sp³-hybridized carbons (Fsp3) is 0.643. The largest absolute Gasteiger partial charge is 0.475 e. The molecule has 2 N–H and O–H groups in total. The Balaban J connectivity index is 2.11. The highest BCUT2D eigenvalue weighted by Crippen LogP contribution is 2.30. The van der Waals surface area contributed by atoms with Crippen molar-refractivity contribution >= 4 is 5.97 Å². The highest BCUT2D eigenvalue weighted by Gasteiger charge is 2.28. The van der Waals surface area contributed by atoms with E-state index in [1.807, 2.05) is 6.92 Å². The predicted octanol–water partition coefficient (Wildman–Crippen LogP) is 2.28. The van der Waals surface area contributed by atoms with Crippen LogP contribution >= 0.6 is 0 Å². The Bertz CT molecular complexity index is 427. The summed E-state index contributed by atoms with van der Waals surface area (Å²) >= 11 is 0. The first kappa shape index (κ1) is 14.1. The molecule has 2 heterocycles. The number of carbonyl (C=O) groups is 1. The fourth-order valence-electron chi connectivity index (χ4n) is 2.85. The second-order valence-corrected chi connectivity index (χ2v) is 5.08. The van der Waals surface area contributed by atoms with Crippen LogP contribution in [0.15, 0.2) is 16.5 Å². The van der Waals surface area contributed by atoms with Gasteiger partial charge in [-0.15, -0.1) is 0 Å². The number of carboxylic acids is 1. The molecule has 1 aromatic heterocycles. The Morgan fingerprint density at radius 1 is 1.53 bits per heavy atom. The fourth-order valence-corrected chi connectivity index (χ4v) is 2.85. The van der Waals surface area contributed by atoms with Crippen LogP contribution in [-0.4, -0.2) is 40.3 Å². The number of aliphatic hydroxyl groups is 1. The molecule has 0 aliphatic carbocycles. The van der Waals surface area contributed by atoms with Crippen LogP contribution in [0, 0.1) is 0 Å². The molecule has 2 atom stereocenters. The molecule has 5 nitrogen and oxygen atoms in total. The molecular weight excluding hydrogens is 246 g/mol. The Hall–Kier alpha value is -1.33. The monoisotopic (exact) mass is 267 g/mol. The van der Waals surface area contributed by atoms with Gasteiger partial charge in [0.25, 0.3) is 0 Å². The van der Waals surface area contributed by atoms with Crippen molar-refractivity contribution in [3.05, 3.63) is 23.7 Å². The van der Waals surface area contributed by atoms with Gasteiger partial charge in [0.15, 0.2) is 0 Å². The van der Waals surface area contributed by atoms with Gasteiger partial charge in [-0.3, -0.25) is 4.90 Å². The zero-order chi connectivity index (χ0) is 13.8. The van der Waals surface area contributed by atoms with Crippen LogP contribution in [-0.2, 0) is 0 Å². The molecule has 1 aromatic rings. The Morgan fingerprint density at radius 3 is 2.95 bits per heavy atom. The highest BCUT2D eigenvalue weighted by atomic mass is 16.4. The van der Waals surface area contributed by atoms with E-state index < -0.39 is 5.97 Å². The van der Waals surface area contributed by atoms with Gasteiger partial charge in [-0.2, -0.15) is 0 Å². The van der Waals surface area contributed by atoms with Crippen LogP contribution < -0.4 is 0 Å². The second-order valence-electron chi connectivity index (χ2n) is 5.08. The van der Waals surface area contributed by atoms with Gasteiger partial charge in [0.2, 0.25) is 5.76 Å². The third kappa shape index (κ3) is 3.16. The third-order valence-electron chi connectivity index (χ3n) is 3.88. The lowest BCUT2D eigenvalue weighted by molar-refractivity contribution is 0.0622. The van der Waals surface area contributed by atoms with Gasteiger partial charge in [-0.1, -0.05) is 6.42 Å². The van der Waals surface area contributed by atoms with Crippen molar-refractivity contribution in [2.45, 2.75) is 44.7 Å². The number of rotatable bonds is 5. The summed E-state index contributed by atoms with van der Waals surface area (Å²) in [6, 6.07) is 3.63. The summed E-state index contributed by atoms with van der Waals surface area (Å²) in [6.45, 7) is 3.18. The number of piperidine rings is 1. The van der Waals surface area contributed by atoms with E-state index >= 15 is 0 Å². The van der Waals surface area contributed by atoms with E-state index in [0.717, 1.165) is 25.8 Å². The summed E-state index contributed by atoms with van der Waals surface area (Å²) in [4.78, 5) is 13.1. The molecule has 0 radical (unpaired) electrons. The molecule has 2 rings (SSSR count). The zero-order valence-electron chi connectivity index (χ0n) is 11.2.